The van der Waals surface area contributed by atoms with Gasteiger partial charge in [-0.1, -0.05) is 41.9 Å². The second-order valence-electron chi connectivity index (χ2n) is 5.55. The van der Waals surface area contributed by atoms with Gasteiger partial charge in [0.05, 0.1) is 18.2 Å². The first-order valence-electron chi connectivity index (χ1n) is 7.66. The number of carbonyl (C=O) groups excluding carboxylic acids is 1. The fraction of sp³-hybridized carbons (Fsp3) is 0.412. The number of amides is 1. The summed E-state index contributed by atoms with van der Waals surface area (Å²) < 4.78 is 1.57. The number of hydrogen-bond donors (Lipinski definition) is 2. The summed E-state index contributed by atoms with van der Waals surface area (Å²) >= 11 is 6.18. The summed E-state index contributed by atoms with van der Waals surface area (Å²) in [4.78, 5) is 12.4. The van der Waals surface area contributed by atoms with Crippen LogP contribution in [0.25, 0.3) is 0 Å². The molecule has 1 unspecified atom stereocenters. The van der Waals surface area contributed by atoms with Crippen LogP contribution in [0.5, 0.6) is 0 Å². The van der Waals surface area contributed by atoms with E-state index >= 15 is 0 Å². The molecular formula is C17H22ClN3O2. The van der Waals surface area contributed by atoms with Crippen molar-refractivity contribution in [3.05, 3.63) is 52.3 Å². The molecule has 0 saturated carbocycles. The normalized spacial score (nSPS) is 12.2. The molecule has 2 aromatic rings. The maximum atomic E-state index is 12.4. The van der Waals surface area contributed by atoms with Gasteiger partial charge in [0, 0.05) is 19.2 Å². The maximum absolute atomic E-state index is 12.4. The predicted octanol–water partition coefficient (Wildman–Crippen LogP) is 2.55. The highest BCUT2D eigenvalue weighted by Gasteiger charge is 2.18. The Balaban J connectivity index is 2.08. The molecule has 5 nitrogen and oxygen atoms in total. The van der Waals surface area contributed by atoms with Gasteiger partial charge in [0.2, 0.25) is 5.91 Å². The Morgan fingerprint density at radius 3 is 2.65 bits per heavy atom. The Morgan fingerprint density at radius 2 is 2.09 bits per heavy atom. The van der Waals surface area contributed by atoms with E-state index in [1.54, 1.807) is 11.7 Å². The summed E-state index contributed by atoms with van der Waals surface area (Å²) in [5.74, 6) is -0.102. The highest BCUT2D eigenvalue weighted by atomic mass is 35.5. The summed E-state index contributed by atoms with van der Waals surface area (Å²) in [7, 11) is 1.75. The van der Waals surface area contributed by atoms with Crippen LogP contribution in [0.15, 0.2) is 30.3 Å². The number of nitrogens with zero attached hydrogens (tertiary/aromatic N) is 2. The van der Waals surface area contributed by atoms with E-state index in [0.29, 0.717) is 18.0 Å². The van der Waals surface area contributed by atoms with Gasteiger partial charge >= 0.3 is 0 Å². The van der Waals surface area contributed by atoms with Crippen LogP contribution in [0.4, 0.5) is 0 Å². The molecule has 1 aromatic heterocycles. The van der Waals surface area contributed by atoms with Gasteiger partial charge in [-0.15, -0.1) is 0 Å². The molecule has 0 radical (unpaired) electrons. The molecule has 0 bridgehead atoms. The van der Waals surface area contributed by atoms with Gasteiger partial charge in [-0.3, -0.25) is 9.48 Å². The van der Waals surface area contributed by atoms with Crippen LogP contribution in [-0.2, 0) is 18.3 Å². The molecule has 0 aliphatic carbocycles. The third-order valence-corrected chi connectivity index (χ3v) is 4.27. The van der Waals surface area contributed by atoms with Crippen molar-refractivity contribution in [2.45, 2.75) is 32.2 Å². The van der Waals surface area contributed by atoms with Crippen LogP contribution in [0.3, 0.4) is 0 Å². The number of rotatable bonds is 7. The summed E-state index contributed by atoms with van der Waals surface area (Å²) in [5, 5.41) is 16.8. The van der Waals surface area contributed by atoms with Crippen LogP contribution in [0, 0.1) is 6.92 Å². The minimum Gasteiger partial charge on any atom is -0.396 e. The first-order valence-corrected chi connectivity index (χ1v) is 8.04. The van der Waals surface area contributed by atoms with Gasteiger partial charge < -0.3 is 10.4 Å². The first-order chi connectivity index (χ1) is 11.0. The molecule has 1 aromatic carbocycles. The van der Waals surface area contributed by atoms with Gasteiger partial charge in [-0.25, -0.2) is 0 Å². The van der Waals surface area contributed by atoms with Crippen LogP contribution in [0.2, 0.25) is 5.15 Å². The van der Waals surface area contributed by atoms with E-state index in [0.717, 1.165) is 16.8 Å². The number of aromatic nitrogens is 2. The number of aryl methyl sites for hydroxylation is 2. The lowest BCUT2D eigenvalue weighted by Crippen LogP contribution is -2.30. The predicted molar refractivity (Wildman–Crippen MR) is 90.3 cm³/mol. The zero-order chi connectivity index (χ0) is 16.8. The average Bonchev–Trinajstić information content (AvgIpc) is 2.78. The van der Waals surface area contributed by atoms with Gasteiger partial charge in [0.15, 0.2) is 0 Å². The van der Waals surface area contributed by atoms with E-state index in [1.165, 1.54) is 0 Å². The van der Waals surface area contributed by atoms with E-state index in [9.17, 15) is 4.79 Å². The smallest absolute Gasteiger partial charge is 0.225 e. The van der Waals surface area contributed by atoms with Crippen molar-refractivity contribution in [2.75, 3.05) is 6.61 Å². The van der Waals surface area contributed by atoms with Crippen molar-refractivity contribution in [2.24, 2.45) is 7.05 Å². The molecule has 0 fully saturated rings. The summed E-state index contributed by atoms with van der Waals surface area (Å²) in [6.07, 6.45) is 1.51. The van der Waals surface area contributed by atoms with Crippen LogP contribution >= 0.6 is 11.6 Å². The van der Waals surface area contributed by atoms with Crippen molar-refractivity contribution in [3.63, 3.8) is 0 Å². The fourth-order valence-corrected chi connectivity index (χ4v) is 2.82. The Hall–Kier alpha value is -1.85. The monoisotopic (exact) mass is 335 g/mol. The number of aliphatic hydroxyl groups excluding tert-OH is 1. The standard InChI is InChI=1S/C17H22ClN3O2/c1-12-14(17(18)21(2)20-12)11-16(23)19-15(9-6-10-22)13-7-4-3-5-8-13/h3-5,7-8,15,22H,6,9-11H2,1-2H3,(H,19,23). The highest BCUT2D eigenvalue weighted by Crippen LogP contribution is 2.21. The van der Waals surface area contributed by atoms with Crippen molar-refractivity contribution >= 4 is 17.5 Å². The summed E-state index contributed by atoms with van der Waals surface area (Å²) in [5.41, 5.74) is 2.54. The first kappa shape index (κ1) is 17.5. The third kappa shape index (κ3) is 4.56. The number of benzene rings is 1. The van der Waals surface area contributed by atoms with Gasteiger partial charge in [-0.2, -0.15) is 5.10 Å². The van der Waals surface area contributed by atoms with Crippen molar-refractivity contribution < 1.29 is 9.90 Å². The molecule has 2 rings (SSSR count). The van der Waals surface area contributed by atoms with Crippen LogP contribution < -0.4 is 5.32 Å². The largest absolute Gasteiger partial charge is 0.396 e. The van der Waals surface area contributed by atoms with Gasteiger partial charge in [0.1, 0.15) is 5.15 Å². The molecular weight excluding hydrogens is 314 g/mol. The molecule has 0 spiro atoms. The molecule has 0 saturated heterocycles. The second kappa shape index (κ2) is 8.13. The van der Waals surface area contributed by atoms with Crippen LogP contribution in [0.1, 0.15) is 35.7 Å². The van der Waals surface area contributed by atoms with E-state index in [-0.39, 0.29) is 25.0 Å². The zero-order valence-corrected chi connectivity index (χ0v) is 14.2. The van der Waals surface area contributed by atoms with Gasteiger partial charge in [-0.05, 0) is 25.3 Å². The van der Waals surface area contributed by atoms with E-state index in [1.807, 2.05) is 37.3 Å². The molecule has 23 heavy (non-hydrogen) atoms. The molecule has 1 atom stereocenters. The van der Waals surface area contributed by atoms with Crippen molar-refractivity contribution in [1.82, 2.24) is 15.1 Å². The molecule has 0 aliphatic rings. The topological polar surface area (TPSA) is 67.2 Å². The summed E-state index contributed by atoms with van der Waals surface area (Å²) in [6, 6.07) is 9.65. The zero-order valence-electron chi connectivity index (χ0n) is 13.4. The molecule has 1 heterocycles. The number of carbonyl (C=O) groups is 1. The number of aliphatic hydroxyl groups is 1. The van der Waals surface area contributed by atoms with Crippen LogP contribution in [-0.4, -0.2) is 27.4 Å². The van der Waals surface area contributed by atoms with E-state index in [4.69, 9.17) is 16.7 Å². The molecule has 1 amide bonds. The lowest BCUT2D eigenvalue weighted by atomic mass is 10.0. The fourth-order valence-electron chi connectivity index (χ4n) is 2.58. The Bertz CT molecular complexity index is 655. The number of nitrogens with one attached hydrogen (secondary N) is 1. The third-order valence-electron chi connectivity index (χ3n) is 3.80. The SMILES string of the molecule is Cc1nn(C)c(Cl)c1CC(=O)NC(CCCO)c1ccccc1. The van der Waals surface area contributed by atoms with E-state index < -0.39 is 0 Å². The number of hydrogen-bond acceptors (Lipinski definition) is 3. The van der Waals surface area contributed by atoms with Gasteiger partial charge in [0.25, 0.3) is 0 Å². The van der Waals surface area contributed by atoms with E-state index in [2.05, 4.69) is 10.4 Å². The Morgan fingerprint density at radius 1 is 1.39 bits per heavy atom. The lowest BCUT2D eigenvalue weighted by Gasteiger charge is -2.19. The Labute approximate surface area is 141 Å². The number of halogens is 1. The lowest BCUT2D eigenvalue weighted by molar-refractivity contribution is -0.121. The minimum atomic E-state index is -0.119. The van der Waals surface area contributed by atoms with Crippen molar-refractivity contribution in [1.29, 1.82) is 0 Å². The molecule has 124 valence electrons. The van der Waals surface area contributed by atoms with Crippen molar-refractivity contribution in [3.8, 4) is 0 Å². The highest BCUT2D eigenvalue weighted by molar-refractivity contribution is 6.30. The maximum Gasteiger partial charge on any atom is 0.225 e. The minimum absolute atomic E-state index is 0.102. The average molecular weight is 336 g/mol. The molecule has 0 aliphatic heterocycles. The second-order valence-corrected chi connectivity index (χ2v) is 5.91. The quantitative estimate of drug-likeness (QED) is 0.817. The molecule has 6 heteroatoms. The molecule has 2 N–H and O–H groups in total. The Kier molecular flexibility index (Phi) is 6.19. The summed E-state index contributed by atoms with van der Waals surface area (Å²) in [6.45, 7) is 1.95.